The summed E-state index contributed by atoms with van der Waals surface area (Å²) in [6.07, 6.45) is 4.82. The molecule has 4 rings (SSSR count). The molecule has 0 bridgehead atoms. The number of rotatable bonds is 3. The maximum Gasteiger partial charge on any atom is 0.237 e. The highest BCUT2D eigenvalue weighted by atomic mass is 16.5. The van der Waals surface area contributed by atoms with Crippen LogP contribution < -0.4 is 5.73 Å². The summed E-state index contributed by atoms with van der Waals surface area (Å²) in [6.45, 7) is 3.88. The Morgan fingerprint density at radius 1 is 1.08 bits per heavy atom. The van der Waals surface area contributed by atoms with E-state index in [1.807, 2.05) is 0 Å². The van der Waals surface area contributed by atoms with Crippen molar-refractivity contribution < 1.29 is 4.52 Å². The van der Waals surface area contributed by atoms with E-state index in [-0.39, 0.29) is 5.41 Å². The molecule has 0 atom stereocenters. The van der Waals surface area contributed by atoms with Gasteiger partial charge in [-0.15, -0.1) is 0 Å². The van der Waals surface area contributed by atoms with E-state index in [4.69, 9.17) is 10.3 Å². The fraction of sp³-hybridized carbons (Fsp3) is 0.333. The summed E-state index contributed by atoms with van der Waals surface area (Å²) in [5.74, 6) is 2.08. The third-order valence-corrected chi connectivity index (χ3v) is 4.83. The average Bonchev–Trinajstić information content (AvgIpc) is 2.98. The Morgan fingerprint density at radius 3 is 2.46 bits per heavy atom. The number of hydrogen-bond donors (Lipinski definition) is 1. The van der Waals surface area contributed by atoms with Crippen LogP contribution in [0.1, 0.15) is 42.1 Å². The van der Waals surface area contributed by atoms with Crippen molar-refractivity contribution in [2.24, 2.45) is 0 Å². The molecule has 2 N–H and O–H groups in total. The largest absolute Gasteiger partial charge is 0.383 e. The van der Waals surface area contributed by atoms with Crippen LogP contribution in [0, 0.1) is 13.8 Å². The van der Waals surface area contributed by atoms with Crippen LogP contribution in [0.15, 0.2) is 35.0 Å². The van der Waals surface area contributed by atoms with Gasteiger partial charge in [0.15, 0.2) is 0 Å². The number of benzene rings is 1. The molecule has 6 heteroatoms. The lowest BCUT2D eigenvalue weighted by Crippen LogP contribution is -2.35. The van der Waals surface area contributed by atoms with E-state index in [1.54, 1.807) is 13.1 Å². The van der Waals surface area contributed by atoms with Crippen molar-refractivity contribution in [1.29, 1.82) is 0 Å². The van der Waals surface area contributed by atoms with Crippen LogP contribution in [-0.4, -0.2) is 20.1 Å². The Labute approximate surface area is 140 Å². The minimum absolute atomic E-state index is 0.181. The van der Waals surface area contributed by atoms with Crippen LogP contribution in [0.5, 0.6) is 0 Å². The van der Waals surface area contributed by atoms with E-state index < -0.39 is 0 Å². The number of nitrogens with two attached hydrogens (primary N) is 1. The third-order valence-electron chi connectivity index (χ3n) is 4.83. The third kappa shape index (κ3) is 2.26. The first-order valence-corrected chi connectivity index (χ1v) is 8.09. The summed E-state index contributed by atoms with van der Waals surface area (Å²) >= 11 is 0. The van der Waals surface area contributed by atoms with Crippen molar-refractivity contribution in [3.05, 3.63) is 53.3 Å². The van der Waals surface area contributed by atoms with Crippen molar-refractivity contribution in [1.82, 2.24) is 20.1 Å². The molecule has 0 unspecified atom stereocenters. The molecule has 6 nitrogen and oxygen atoms in total. The van der Waals surface area contributed by atoms with E-state index in [2.05, 4.69) is 51.3 Å². The van der Waals surface area contributed by atoms with E-state index in [1.165, 1.54) is 11.1 Å². The molecule has 1 saturated carbocycles. The summed E-state index contributed by atoms with van der Waals surface area (Å²) in [7, 11) is 0. The predicted octanol–water partition coefficient (Wildman–Crippen LogP) is 3.20. The Balaban J connectivity index is 1.74. The molecule has 3 aromatic rings. The summed E-state index contributed by atoms with van der Waals surface area (Å²) in [4.78, 5) is 13.0. The van der Waals surface area contributed by atoms with E-state index in [9.17, 15) is 0 Å². The fourth-order valence-corrected chi connectivity index (χ4v) is 3.22. The van der Waals surface area contributed by atoms with Crippen molar-refractivity contribution in [2.75, 3.05) is 5.73 Å². The standard InChI is InChI=1S/C18H19N5O/c1-11-4-6-13(7-5-11)18(8-3-9-18)17-22-16(23-24-17)14-10-20-12(2)21-15(14)19/h4-7,10H,3,8-9H2,1-2H3,(H2,19,20,21). The first-order valence-electron chi connectivity index (χ1n) is 8.09. The van der Waals surface area contributed by atoms with Crippen molar-refractivity contribution in [3.63, 3.8) is 0 Å². The van der Waals surface area contributed by atoms with Crippen molar-refractivity contribution in [2.45, 2.75) is 38.5 Å². The van der Waals surface area contributed by atoms with Gasteiger partial charge < -0.3 is 10.3 Å². The number of aryl methyl sites for hydroxylation is 2. The van der Waals surface area contributed by atoms with Gasteiger partial charge in [0.05, 0.1) is 11.0 Å². The molecule has 0 aliphatic heterocycles. The van der Waals surface area contributed by atoms with E-state index in [0.29, 0.717) is 28.9 Å². The second-order valence-corrected chi connectivity index (χ2v) is 6.44. The lowest BCUT2D eigenvalue weighted by Gasteiger charge is -2.38. The quantitative estimate of drug-likeness (QED) is 0.796. The van der Waals surface area contributed by atoms with Crippen molar-refractivity contribution >= 4 is 5.82 Å². The lowest BCUT2D eigenvalue weighted by molar-refractivity contribution is 0.216. The van der Waals surface area contributed by atoms with Gasteiger partial charge in [-0.25, -0.2) is 9.97 Å². The average molecular weight is 321 g/mol. The van der Waals surface area contributed by atoms with Crippen LogP contribution >= 0.6 is 0 Å². The van der Waals surface area contributed by atoms with Gasteiger partial charge in [-0.2, -0.15) is 4.98 Å². The Kier molecular flexibility index (Phi) is 3.33. The molecule has 1 fully saturated rings. The highest BCUT2D eigenvalue weighted by molar-refractivity contribution is 5.66. The van der Waals surface area contributed by atoms with Gasteiger partial charge in [-0.3, -0.25) is 0 Å². The molecule has 0 spiro atoms. The Bertz CT molecular complexity index is 881. The SMILES string of the molecule is Cc1ccc(C2(c3nc(-c4cnc(C)nc4N)no3)CCC2)cc1. The second kappa shape index (κ2) is 5.40. The lowest BCUT2D eigenvalue weighted by atomic mass is 9.64. The van der Waals surface area contributed by atoms with Crippen molar-refractivity contribution in [3.8, 4) is 11.4 Å². The van der Waals surface area contributed by atoms with Crippen LogP contribution in [-0.2, 0) is 5.41 Å². The van der Waals surface area contributed by atoms with E-state index in [0.717, 1.165) is 19.3 Å². The number of nitrogens with zero attached hydrogens (tertiary/aromatic N) is 4. The topological polar surface area (TPSA) is 90.7 Å². The van der Waals surface area contributed by atoms with E-state index >= 15 is 0 Å². The van der Waals surface area contributed by atoms with Gasteiger partial charge in [-0.1, -0.05) is 41.4 Å². The smallest absolute Gasteiger partial charge is 0.237 e. The van der Waals surface area contributed by atoms with Crippen LogP contribution in [0.25, 0.3) is 11.4 Å². The highest BCUT2D eigenvalue weighted by Gasteiger charge is 2.45. The summed E-state index contributed by atoms with van der Waals surface area (Å²) in [5, 5.41) is 4.12. The maximum absolute atomic E-state index is 5.97. The van der Waals surface area contributed by atoms with Crippen LogP contribution in [0.3, 0.4) is 0 Å². The normalized spacial score (nSPS) is 15.9. The molecule has 1 aliphatic carbocycles. The number of aromatic nitrogens is 4. The first-order chi connectivity index (χ1) is 11.6. The summed E-state index contributed by atoms with van der Waals surface area (Å²) in [5.41, 5.74) is 8.86. The second-order valence-electron chi connectivity index (χ2n) is 6.44. The number of nitrogen functional groups attached to an aromatic ring is 1. The minimum atomic E-state index is -0.181. The highest BCUT2D eigenvalue weighted by Crippen LogP contribution is 2.48. The predicted molar refractivity (Wildman–Crippen MR) is 90.3 cm³/mol. The zero-order valence-electron chi connectivity index (χ0n) is 13.8. The molecule has 0 amide bonds. The fourth-order valence-electron chi connectivity index (χ4n) is 3.22. The molecule has 1 aromatic carbocycles. The molecule has 1 aliphatic rings. The molecule has 2 heterocycles. The first kappa shape index (κ1) is 14.8. The van der Waals surface area contributed by atoms with Crippen LogP contribution in [0.4, 0.5) is 5.82 Å². The van der Waals surface area contributed by atoms with Gasteiger partial charge in [0.1, 0.15) is 11.6 Å². The maximum atomic E-state index is 5.97. The van der Waals surface area contributed by atoms with Gasteiger partial charge in [-0.05, 0) is 32.3 Å². The summed E-state index contributed by atoms with van der Waals surface area (Å²) < 4.78 is 5.62. The van der Waals surface area contributed by atoms with Gasteiger partial charge in [0.25, 0.3) is 0 Å². The van der Waals surface area contributed by atoms with Crippen LogP contribution in [0.2, 0.25) is 0 Å². The monoisotopic (exact) mass is 321 g/mol. The number of anilines is 1. The molecule has 24 heavy (non-hydrogen) atoms. The molecule has 2 aromatic heterocycles. The van der Waals surface area contributed by atoms with Gasteiger partial charge in [0.2, 0.25) is 11.7 Å². The molecular weight excluding hydrogens is 302 g/mol. The summed E-state index contributed by atoms with van der Waals surface area (Å²) in [6, 6.07) is 8.56. The molecule has 0 radical (unpaired) electrons. The zero-order chi connectivity index (χ0) is 16.7. The zero-order valence-corrected chi connectivity index (χ0v) is 13.8. The van der Waals surface area contributed by atoms with Gasteiger partial charge >= 0.3 is 0 Å². The molecule has 122 valence electrons. The molecule has 0 saturated heterocycles. The number of hydrogen-bond acceptors (Lipinski definition) is 6. The Morgan fingerprint density at radius 2 is 1.83 bits per heavy atom. The molecular formula is C18H19N5O. The minimum Gasteiger partial charge on any atom is -0.383 e. The Hall–Kier alpha value is -2.76. The van der Waals surface area contributed by atoms with Gasteiger partial charge in [0, 0.05) is 6.20 Å².